The molecule has 3 nitrogen and oxygen atoms in total. The van der Waals surface area contributed by atoms with Gasteiger partial charge in [0.1, 0.15) is 0 Å². The molecule has 0 radical (unpaired) electrons. The molecule has 0 aromatic rings. The van der Waals surface area contributed by atoms with Crippen molar-refractivity contribution in [2.75, 3.05) is 13.2 Å². The van der Waals surface area contributed by atoms with Crippen LogP contribution in [0.1, 0.15) is 33.1 Å². The smallest absolute Gasteiger partial charge is 0.334 e. The van der Waals surface area contributed by atoms with Crippen molar-refractivity contribution in [1.29, 1.82) is 0 Å². The van der Waals surface area contributed by atoms with Gasteiger partial charge < -0.3 is 10.1 Å². The fourth-order valence-electron chi connectivity index (χ4n) is 1.75. The predicted octanol–water partition coefficient (Wildman–Crippen LogP) is 1.88. The Hall–Kier alpha value is -0.830. The number of hydrogen-bond acceptors (Lipinski definition) is 3. The Labute approximate surface area is 91.9 Å². The maximum Gasteiger partial charge on any atom is 0.334 e. The molecule has 15 heavy (non-hydrogen) atoms. The number of carbonyl (C=O) groups is 1. The average Bonchev–Trinajstić information content (AvgIpc) is 2.94. The Kier molecular flexibility index (Phi) is 4.82. The van der Waals surface area contributed by atoms with E-state index in [-0.39, 0.29) is 5.97 Å². The van der Waals surface area contributed by atoms with Gasteiger partial charge in [0, 0.05) is 18.2 Å². The van der Waals surface area contributed by atoms with E-state index in [1.807, 2.05) is 0 Å². The first-order valence-corrected chi connectivity index (χ1v) is 5.77. The summed E-state index contributed by atoms with van der Waals surface area (Å²) in [7, 11) is 0. The Morgan fingerprint density at radius 3 is 2.87 bits per heavy atom. The minimum atomic E-state index is -0.280. The van der Waals surface area contributed by atoms with Gasteiger partial charge in [0.15, 0.2) is 0 Å². The van der Waals surface area contributed by atoms with Crippen LogP contribution >= 0.6 is 0 Å². The minimum absolute atomic E-state index is 0.280. The van der Waals surface area contributed by atoms with E-state index in [4.69, 9.17) is 4.74 Å². The van der Waals surface area contributed by atoms with Crippen LogP contribution in [0.2, 0.25) is 0 Å². The molecule has 0 heterocycles. The highest BCUT2D eigenvalue weighted by molar-refractivity contribution is 5.88. The molecule has 86 valence electrons. The third kappa shape index (κ3) is 4.04. The van der Waals surface area contributed by atoms with Gasteiger partial charge in [-0.2, -0.15) is 0 Å². The van der Waals surface area contributed by atoms with Gasteiger partial charge in [-0.05, 0) is 25.7 Å². The minimum Gasteiger partial charge on any atom is -0.463 e. The highest BCUT2D eigenvalue weighted by Crippen LogP contribution is 2.34. The van der Waals surface area contributed by atoms with E-state index in [0.29, 0.717) is 24.8 Å². The summed E-state index contributed by atoms with van der Waals surface area (Å²) in [4.78, 5) is 11.2. The Morgan fingerprint density at radius 1 is 1.53 bits per heavy atom. The quantitative estimate of drug-likeness (QED) is 0.516. The van der Waals surface area contributed by atoms with E-state index in [1.165, 1.54) is 19.3 Å². The highest BCUT2D eigenvalue weighted by atomic mass is 16.5. The van der Waals surface area contributed by atoms with E-state index < -0.39 is 0 Å². The summed E-state index contributed by atoms with van der Waals surface area (Å²) < 4.78 is 4.85. The fourth-order valence-corrected chi connectivity index (χ4v) is 1.75. The first kappa shape index (κ1) is 12.2. The fraction of sp³-hybridized carbons (Fsp3) is 0.750. The molecule has 1 aliphatic rings. The van der Waals surface area contributed by atoms with Gasteiger partial charge in [-0.25, -0.2) is 4.79 Å². The molecule has 2 atom stereocenters. The van der Waals surface area contributed by atoms with Gasteiger partial charge in [-0.1, -0.05) is 19.9 Å². The van der Waals surface area contributed by atoms with Crippen LogP contribution in [0.25, 0.3) is 0 Å². The van der Waals surface area contributed by atoms with Crippen LogP contribution < -0.4 is 5.32 Å². The number of ether oxygens (including phenoxy) is 1. The molecule has 1 aliphatic carbocycles. The number of carbonyl (C=O) groups excluding carboxylic acids is 1. The molecule has 1 fully saturated rings. The molecular formula is C12H21NO2. The summed E-state index contributed by atoms with van der Waals surface area (Å²) >= 11 is 0. The lowest BCUT2D eigenvalue weighted by atomic mass is 10.2. The monoisotopic (exact) mass is 211 g/mol. The van der Waals surface area contributed by atoms with E-state index in [9.17, 15) is 4.79 Å². The van der Waals surface area contributed by atoms with Crippen LogP contribution in [0.15, 0.2) is 12.2 Å². The van der Waals surface area contributed by atoms with Crippen LogP contribution in [0.4, 0.5) is 0 Å². The van der Waals surface area contributed by atoms with Crippen molar-refractivity contribution in [3.8, 4) is 0 Å². The third-order valence-corrected chi connectivity index (χ3v) is 2.72. The summed E-state index contributed by atoms with van der Waals surface area (Å²) in [6.07, 6.45) is 3.76. The maximum atomic E-state index is 11.2. The molecule has 1 rings (SSSR count). The molecule has 0 bridgehead atoms. The summed E-state index contributed by atoms with van der Waals surface area (Å²) in [5.41, 5.74) is 0.527. The molecular weight excluding hydrogens is 190 g/mol. The molecule has 0 aliphatic heterocycles. The SMILES string of the molecule is C=C(CNC1CC1CCC)C(=O)OCC. The zero-order valence-electron chi connectivity index (χ0n) is 9.71. The molecule has 0 aromatic carbocycles. The molecule has 3 heteroatoms. The summed E-state index contributed by atoms with van der Waals surface area (Å²) in [5, 5.41) is 3.33. The summed E-state index contributed by atoms with van der Waals surface area (Å²) in [6, 6.07) is 0.594. The van der Waals surface area contributed by atoms with Gasteiger partial charge >= 0.3 is 5.97 Å². The second-order valence-electron chi connectivity index (χ2n) is 4.10. The third-order valence-electron chi connectivity index (χ3n) is 2.72. The van der Waals surface area contributed by atoms with Crippen LogP contribution in [-0.2, 0) is 9.53 Å². The first-order chi connectivity index (χ1) is 7.19. The number of nitrogens with one attached hydrogen (secondary N) is 1. The standard InChI is InChI=1S/C12H21NO2/c1-4-6-10-7-11(10)13-8-9(3)12(14)15-5-2/h10-11,13H,3-8H2,1-2H3. The Balaban J connectivity index is 2.10. The maximum absolute atomic E-state index is 11.2. The van der Waals surface area contributed by atoms with Gasteiger partial charge in [-0.3, -0.25) is 0 Å². The predicted molar refractivity (Wildman–Crippen MR) is 60.6 cm³/mol. The lowest BCUT2D eigenvalue weighted by molar-refractivity contribution is -0.138. The average molecular weight is 211 g/mol. The van der Waals surface area contributed by atoms with Crippen LogP contribution in [-0.4, -0.2) is 25.2 Å². The Morgan fingerprint density at radius 2 is 2.27 bits per heavy atom. The number of rotatable bonds is 7. The van der Waals surface area contributed by atoms with Crippen molar-refractivity contribution in [2.45, 2.75) is 39.2 Å². The zero-order valence-corrected chi connectivity index (χ0v) is 9.71. The molecule has 0 saturated heterocycles. The normalized spacial score (nSPS) is 23.6. The molecule has 1 N–H and O–H groups in total. The highest BCUT2D eigenvalue weighted by Gasteiger charge is 2.35. The first-order valence-electron chi connectivity index (χ1n) is 5.77. The lowest BCUT2D eigenvalue weighted by Crippen LogP contribution is -2.24. The van der Waals surface area contributed by atoms with Crippen LogP contribution in [0.3, 0.4) is 0 Å². The number of esters is 1. The van der Waals surface area contributed by atoms with E-state index in [2.05, 4.69) is 18.8 Å². The van der Waals surface area contributed by atoms with Gasteiger partial charge in [-0.15, -0.1) is 0 Å². The second-order valence-corrected chi connectivity index (χ2v) is 4.10. The van der Waals surface area contributed by atoms with E-state index in [1.54, 1.807) is 6.92 Å². The van der Waals surface area contributed by atoms with Crippen molar-refractivity contribution in [3.05, 3.63) is 12.2 Å². The van der Waals surface area contributed by atoms with Gasteiger partial charge in [0.05, 0.1) is 6.61 Å². The number of hydrogen-bond donors (Lipinski definition) is 1. The summed E-state index contributed by atoms with van der Waals surface area (Å²) in [5.74, 6) is 0.530. The van der Waals surface area contributed by atoms with Crippen molar-refractivity contribution in [2.24, 2.45) is 5.92 Å². The zero-order chi connectivity index (χ0) is 11.3. The molecule has 0 aromatic heterocycles. The van der Waals surface area contributed by atoms with E-state index >= 15 is 0 Å². The Bertz CT molecular complexity index is 238. The molecule has 2 unspecified atom stereocenters. The van der Waals surface area contributed by atoms with Crippen molar-refractivity contribution in [1.82, 2.24) is 5.32 Å². The molecule has 1 saturated carbocycles. The largest absolute Gasteiger partial charge is 0.463 e. The topological polar surface area (TPSA) is 38.3 Å². The molecule has 0 spiro atoms. The summed E-state index contributed by atoms with van der Waals surface area (Å²) in [6.45, 7) is 8.69. The van der Waals surface area contributed by atoms with Crippen LogP contribution in [0.5, 0.6) is 0 Å². The van der Waals surface area contributed by atoms with Crippen molar-refractivity contribution < 1.29 is 9.53 Å². The van der Waals surface area contributed by atoms with Gasteiger partial charge in [0.25, 0.3) is 0 Å². The van der Waals surface area contributed by atoms with Crippen molar-refractivity contribution in [3.63, 3.8) is 0 Å². The van der Waals surface area contributed by atoms with Gasteiger partial charge in [0.2, 0.25) is 0 Å². The molecule has 0 amide bonds. The van der Waals surface area contributed by atoms with Crippen molar-refractivity contribution >= 4 is 5.97 Å². The lowest BCUT2D eigenvalue weighted by Gasteiger charge is -2.06. The van der Waals surface area contributed by atoms with Crippen LogP contribution in [0, 0.1) is 5.92 Å². The second kappa shape index (κ2) is 5.91. The van der Waals surface area contributed by atoms with E-state index in [0.717, 1.165) is 5.92 Å².